The fourth-order valence-corrected chi connectivity index (χ4v) is 4.39. The molecule has 2 aromatic heterocycles. The number of hydrogen-bond donors (Lipinski definition) is 1. The van der Waals surface area contributed by atoms with Crippen molar-refractivity contribution in [1.29, 1.82) is 0 Å². The molecule has 0 radical (unpaired) electrons. The first-order valence-electron chi connectivity index (χ1n) is 8.57. The first-order chi connectivity index (χ1) is 11.7. The van der Waals surface area contributed by atoms with E-state index in [-0.39, 0.29) is 0 Å². The monoisotopic (exact) mass is 320 g/mol. The Balaban J connectivity index is 1.56. The number of aromatic hydroxyl groups is 1. The summed E-state index contributed by atoms with van der Waals surface area (Å²) in [6.07, 6.45) is 5.38. The second-order valence-corrected chi connectivity index (χ2v) is 6.97. The molecule has 2 atom stereocenters. The van der Waals surface area contributed by atoms with E-state index in [1.165, 1.54) is 17.7 Å². The third-order valence-corrected chi connectivity index (χ3v) is 5.51. The van der Waals surface area contributed by atoms with Crippen LogP contribution < -0.4 is 0 Å². The molecule has 0 spiro atoms. The molecule has 0 saturated carbocycles. The minimum absolute atomic E-state index is 0.375. The van der Waals surface area contributed by atoms with Crippen LogP contribution in [0.4, 0.5) is 0 Å². The van der Waals surface area contributed by atoms with Gasteiger partial charge >= 0.3 is 0 Å². The highest BCUT2D eigenvalue weighted by Crippen LogP contribution is 2.44. The van der Waals surface area contributed by atoms with E-state index in [0.29, 0.717) is 17.8 Å². The fourth-order valence-electron chi connectivity index (χ4n) is 4.39. The van der Waals surface area contributed by atoms with Crippen molar-refractivity contribution in [2.75, 3.05) is 0 Å². The van der Waals surface area contributed by atoms with Gasteiger partial charge in [0.25, 0.3) is 0 Å². The lowest BCUT2D eigenvalue weighted by Crippen LogP contribution is -2.38. The predicted octanol–water partition coefficient (Wildman–Crippen LogP) is 3.01. The molecule has 5 heteroatoms. The summed E-state index contributed by atoms with van der Waals surface area (Å²) in [4.78, 5) is 7.14. The maximum absolute atomic E-state index is 10.1. The first kappa shape index (κ1) is 14.0. The number of rotatable bonds is 2. The fraction of sp³-hybridized carbons (Fsp3) is 0.368. The van der Waals surface area contributed by atoms with E-state index in [9.17, 15) is 5.11 Å². The maximum atomic E-state index is 10.1. The Kier molecular flexibility index (Phi) is 2.94. The summed E-state index contributed by atoms with van der Waals surface area (Å²) in [6, 6.07) is 10.6. The van der Waals surface area contributed by atoms with Gasteiger partial charge in [-0.15, -0.1) is 0 Å². The molecule has 4 heterocycles. The molecular formula is C19H20N4O. The molecule has 0 unspecified atom stereocenters. The van der Waals surface area contributed by atoms with E-state index in [1.807, 2.05) is 41.9 Å². The summed E-state index contributed by atoms with van der Waals surface area (Å²) < 4.78 is 2.04. The van der Waals surface area contributed by atoms with Crippen LogP contribution in [0.2, 0.25) is 0 Å². The topological polar surface area (TPSA) is 53.7 Å². The van der Waals surface area contributed by atoms with Gasteiger partial charge in [0.1, 0.15) is 5.75 Å². The van der Waals surface area contributed by atoms with Crippen molar-refractivity contribution in [3.8, 4) is 5.75 Å². The van der Waals surface area contributed by atoms with Crippen LogP contribution in [0, 0.1) is 6.92 Å². The van der Waals surface area contributed by atoms with Crippen molar-refractivity contribution >= 4 is 5.65 Å². The van der Waals surface area contributed by atoms with Crippen LogP contribution in [0.5, 0.6) is 5.75 Å². The summed E-state index contributed by atoms with van der Waals surface area (Å²) in [7, 11) is 0. The summed E-state index contributed by atoms with van der Waals surface area (Å²) in [5.41, 5.74) is 5.57. The molecule has 1 aromatic carbocycles. The standard InChI is InChI=1S/C19H20N4O/c1-12-8-19-20-10-15-16-7-6-14(9-17(15)23(19)21-12)22(16)11-13-4-2-3-5-18(13)24/h2-5,8,10,14,16,24H,6-7,9,11H2,1H3/t14-,16+/m0/s1. The molecule has 24 heavy (non-hydrogen) atoms. The van der Waals surface area contributed by atoms with Gasteiger partial charge in [-0.25, -0.2) is 9.50 Å². The predicted molar refractivity (Wildman–Crippen MR) is 90.8 cm³/mol. The molecule has 2 bridgehead atoms. The van der Waals surface area contributed by atoms with E-state index < -0.39 is 0 Å². The largest absolute Gasteiger partial charge is 0.508 e. The molecule has 0 amide bonds. The van der Waals surface area contributed by atoms with Crippen LogP contribution in [-0.2, 0) is 13.0 Å². The van der Waals surface area contributed by atoms with Crippen LogP contribution in [0.3, 0.4) is 0 Å². The summed E-state index contributed by atoms with van der Waals surface area (Å²) in [5.74, 6) is 0.388. The van der Waals surface area contributed by atoms with Crippen LogP contribution in [0.1, 0.15) is 41.4 Å². The third kappa shape index (κ3) is 1.97. The number of para-hydroxylation sites is 1. The van der Waals surface area contributed by atoms with Crippen LogP contribution >= 0.6 is 0 Å². The van der Waals surface area contributed by atoms with Gasteiger partial charge in [0.05, 0.1) is 11.4 Å². The average Bonchev–Trinajstić information content (AvgIpc) is 3.08. The van der Waals surface area contributed by atoms with Gasteiger partial charge in [0.2, 0.25) is 0 Å². The number of hydrogen-bond acceptors (Lipinski definition) is 4. The van der Waals surface area contributed by atoms with Gasteiger partial charge in [-0.2, -0.15) is 5.10 Å². The molecule has 2 aliphatic rings. The molecule has 1 fully saturated rings. The number of phenols is 1. The van der Waals surface area contributed by atoms with Crippen molar-refractivity contribution in [3.05, 3.63) is 59.0 Å². The molecule has 5 rings (SSSR count). The lowest BCUT2D eigenvalue weighted by atomic mass is 9.98. The van der Waals surface area contributed by atoms with Crippen molar-refractivity contribution in [2.45, 2.75) is 44.8 Å². The van der Waals surface area contributed by atoms with E-state index in [2.05, 4.69) is 15.0 Å². The van der Waals surface area contributed by atoms with Gasteiger partial charge in [-0.1, -0.05) is 18.2 Å². The van der Waals surface area contributed by atoms with Gasteiger partial charge in [-0.3, -0.25) is 4.90 Å². The minimum Gasteiger partial charge on any atom is -0.508 e. The van der Waals surface area contributed by atoms with E-state index >= 15 is 0 Å². The van der Waals surface area contributed by atoms with E-state index in [4.69, 9.17) is 0 Å². The number of nitrogens with zero attached hydrogens (tertiary/aromatic N) is 4. The number of phenolic OH excluding ortho intramolecular Hbond substituents is 1. The van der Waals surface area contributed by atoms with Gasteiger partial charge < -0.3 is 5.11 Å². The molecule has 1 saturated heterocycles. The Morgan fingerprint density at radius 1 is 1.25 bits per heavy atom. The van der Waals surface area contributed by atoms with Crippen molar-refractivity contribution in [3.63, 3.8) is 0 Å². The number of fused-ring (bicyclic) bond motifs is 6. The van der Waals surface area contributed by atoms with E-state index in [0.717, 1.165) is 36.3 Å². The Bertz CT molecular complexity index is 932. The Hall–Kier alpha value is -2.40. The quantitative estimate of drug-likeness (QED) is 0.788. The highest BCUT2D eigenvalue weighted by atomic mass is 16.3. The van der Waals surface area contributed by atoms with Crippen LogP contribution in [-0.4, -0.2) is 30.6 Å². The summed E-state index contributed by atoms with van der Waals surface area (Å²) in [6.45, 7) is 2.81. The summed E-state index contributed by atoms with van der Waals surface area (Å²) in [5, 5.41) is 14.8. The van der Waals surface area contributed by atoms with Gasteiger partial charge in [0, 0.05) is 48.4 Å². The number of aromatic nitrogens is 3. The Labute approximate surface area is 140 Å². The Morgan fingerprint density at radius 2 is 2.12 bits per heavy atom. The molecule has 122 valence electrons. The average molecular weight is 320 g/mol. The lowest BCUT2D eigenvalue weighted by Gasteiger charge is -2.36. The zero-order chi connectivity index (χ0) is 16.3. The molecule has 0 aliphatic carbocycles. The lowest BCUT2D eigenvalue weighted by molar-refractivity contribution is 0.163. The second-order valence-electron chi connectivity index (χ2n) is 6.97. The van der Waals surface area contributed by atoms with Gasteiger partial charge in [-0.05, 0) is 25.8 Å². The van der Waals surface area contributed by atoms with E-state index in [1.54, 1.807) is 6.07 Å². The molecule has 3 aromatic rings. The van der Waals surface area contributed by atoms with Crippen molar-refractivity contribution < 1.29 is 5.11 Å². The zero-order valence-corrected chi connectivity index (χ0v) is 13.7. The molecule has 2 aliphatic heterocycles. The van der Waals surface area contributed by atoms with Crippen LogP contribution in [0.25, 0.3) is 5.65 Å². The minimum atomic E-state index is 0.375. The van der Waals surface area contributed by atoms with Crippen molar-refractivity contribution in [2.24, 2.45) is 0 Å². The van der Waals surface area contributed by atoms with Crippen LogP contribution in [0.15, 0.2) is 36.5 Å². The number of aryl methyl sites for hydroxylation is 1. The van der Waals surface area contributed by atoms with Crippen molar-refractivity contribution in [1.82, 2.24) is 19.5 Å². The molecule has 5 nitrogen and oxygen atoms in total. The molecule has 1 N–H and O–H groups in total. The second kappa shape index (κ2) is 5.05. The highest BCUT2D eigenvalue weighted by Gasteiger charge is 2.41. The highest BCUT2D eigenvalue weighted by molar-refractivity contribution is 5.44. The first-order valence-corrected chi connectivity index (χ1v) is 8.57. The molecular weight excluding hydrogens is 300 g/mol. The normalized spacial score (nSPS) is 22.9. The Morgan fingerprint density at radius 3 is 3.00 bits per heavy atom. The smallest absolute Gasteiger partial charge is 0.155 e. The van der Waals surface area contributed by atoms with Gasteiger partial charge in [0.15, 0.2) is 5.65 Å². The maximum Gasteiger partial charge on any atom is 0.155 e. The SMILES string of the molecule is Cc1cc2ncc3c(n2n1)C[C@@H]1CC[C@H]3N1Cc1ccccc1O. The summed E-state index contributed by atoms with van der Waals surface area (Å²) >= 11 is 0. The third-order valence-electron chi connectivity index (χ3n) is 5.51. The number of benzene rings is 1. The zero-order valence-electron chi connectivity index (χ0n) is 13.7.